The van der Waals surface area contributed by atoms with E-state index in [2.05, 4.69) is 0 Å². The molecule has 4 nitrogen and oxygen atoms in total. The van der Waals surface area contributed by atoms with Crippen molar-refractivity contribution in [2.24, 2.45) is 0 Å². The lowest BCUT2D eigenvalue weighted by atomic mass is 10.0. The molecule has 1 aliphatic heterocycles. The normalized spacial score (nSPS) is 17.8. The van der Waals surface area contributed by atoms with Gasteiger partial charge in [-0.15, -0.1) is 0 Å². The van der Waals surface area contributed by atoms with Gasteiger partial charge in [-0.05, 0) is 42.5 Å². The zero-order valence-electron chi connectivity index (χ0n) is 13.7. The first-order valence-electron chi connectivity index (χ1n) is 8.15. The second-order valence-electron chi connectivity index (χ2n) is 6.12. The van der Waals surface area contributed by atoms with Crippen molar-refractivity contribution in [1.29, 1.82) is 0 Å². The Morgan fingerprint density at radius 1 is 0.885 bits per heavy atom. The van der Waals surface area contributed by atoms with Crippen LogP contribution in [0.5, 0.6) is 0 Å². The number of nitrogens with zero attached hydrogens (tertiary/aromatic N) is 2. The Hall–Kier alpha value is -2.51. The van der Waals surface area contributed by atoms with E-state index < -0.39 is 27.7 Å². The minimum Gasteiger partial charge on any atom is -0.348 e. The second-order valence-corrected chi connectivity index (χ2v) is 8.01. The Kier molecular flexibility index (Phi) is 4.13. The Labute approximate surface area is 150 Å². The molecule has 134 valence electrons. The topological polar surface area (TPSA) is 42.3 Å². The smallest absolute Gasteiger partial charge is 0.244 e. The molecule has 0 fully saturated rings. The van der Waals surface area contributed by atoms with E-state index >= 15 is 0 Å². The van der Waals surface area contributed by atoms with Crippen LogP contribution in [0.1, 0.15) is 17.3 Å². The maximum absolute atomic E-state index is 14.5. The summed E-state index contributed by atoms with van der Waals surface area (Å²) in [6.45, 7) is 0.661. The number of halogens is 2. The molecule has 3 aromatic rings. The predicted molar refractivity (Wildman–Crippen MR) is 93.0 cm³/mol. The lowest BCUT2D eigenvalue weighted by Crippen LogP contribution is -2.42. The van der Waals surface area contributed by atoms with E-state index in [1.165, 1.54) is 22.5 Å². The molecule has 2 aromatic carbocycles. The molecule has 0 N–H and O–H groups in total. The second kappa shape index (κ2) is 6.34. The summed E-state index contributed by atoms with van der Waals surface area (Å²) >= 11 is 0. The number of aromatic nitrogens is 1. The molecule has 1 aromatic heterocycles. The number of hydrogen-bond acceptors (Lipinski definition) is 2. The van der Waals surface area contributed by atoms with E-state index in [-0.39, 0.29) is 17.0 Å². The van der Waals surface area contributed by atoms with E-state index in [1.807, 2.05) is 16.8 Å². The fourth-order valence-electron chi connectivity index (χ4n) is 3.37. The van der Waals surface area contributed by atoms with E-state index in [1.54, 1.807) is 24.3 Å². The molecule has 26 heavy (non-hydrogen) atoms. The monoisotopic (exact) mass is 374 g/mol. The molecule has 0 saturated heterocycles. The fraction of sp³-hybridized carbons (Fsp3) is 0.158. The van der Waals surface area contributed by atoms with Crippen molar-refractivity contribution in [2.75, 3.05) is 6.54 Å². The molecule has 0 bridgehead atoms. The Morgan fingerprint density at radius 3 is 2.35 bits per heavy atom. The summed E-state index contributed by atoms with van der Waals surface area (Å²) in [5.41, 5.74) is 0.991. The Bertz CT molecular complexity index is 1050. The van der Waals surface area contributed by atoms with E-state index in [9.17, 15) is 17.2 Å². The maximum atomic E-state index is 14.5. The molecule has 0 unspecified atom stereocenters. The molecule has 0 saturated carbocycles. The SMILES string of the molecule is O=S(=O)(c1ccc(F)cc1)N1CCn2cccc2[C@@H]1c1ccccc1F. The van der Waals surface area contributed by atoms with Gasteiger partial charge in [0.1, 0.15) is 11.6 Å². The van der Waals surface area contributed by atoms with E-state index in [4.69, 9.17) is 0 Å². The van der Waals surface area contributed by atoms with Gasteiger partial charge in [0.25, 0.3) is 0 Å². The molecule has 7 heteroatoms. The van der Waals surface area contributed by atoms with Crippen molar-refractivity contribution >= 4 is 10.0 Å². The van der Waals surface area contributed by atoms with E-state index in [0.29, 0.717) is 12.2 Å². The molecule has 1 atom stereocenters. The van der Waals surface area contributed by atoms with Crippen LogP contribution < -0.4 is 0 Å². The lowest BCUT2D eigenvalue weighted by molar-refractivity contribution is 0.293. The van der Waals surface area contributed by atoms with Gasteiger partial charge in [-0.2, -0.15) is 4.31 Å². The minimum absolute atomic E-state index is 0.0137. The summed E-state index contributed by atoms with van der Waals surface area (Å²) in [7, 11) is -3.93. The van der Waals surface area contributed by atoms with Gasteiger partial charge in [-0.25, -0.2) is 17.2 Å². The van der Waals surface area contributed by atoms with Crippen LogP contribution in [-0.2, 0) is 16.6 Å². The van der Waals surface area contributed by atoms with Crippen LogP contribution in [0, 0.1) is 11.6 Å². The predicted octanol–water partition coefficient (Wildman–Crippen LogP) is 3.56. The first-order valence-corrected chi connectivity index (χ1v) is 9.59. The molecule has 0 radical (unpaired) electrons. The molecular formula is C19H16F2N2O2S. The van der Waals surface area contributed by atoms with E-state index in [0.717, 1.165) is 12.1 Å². The van der Waals surface area contributed by atoms with Crippen molar-refractivity contribution in [1.82, 2.24) is 8.87 Å². The highest BCUT2D eigenvalue weighted by Crippen LogP contribution is 2.37. The molecule has 0 amide bonds. The number of sulfonamides is 1. The van der Waals surface area contributed by atoms with Crippen LogP contribution in [0.4, 0.5) is 8.78 Å². The van der Waals surface area contributed by atoms with Gasteiger partial charge in [0.2, 0.25) is 10.0 Å². The average Bonchev–Trinajstić information content (AvgIpc) is 3.10. The van der Waals surface area contributed by atoms with Gasteiger partial charge in [-0.3, -0.25) is 0 Å². The quantitative estimate of drug-likeness (QED) is 0.704. The third-order valence-corrected chi connectivity index (χ3v) is 6.49. The Balaban J connectivity index is 1.87. The first kappa shape index (κ1) is 16.9. The van der Waals surface area contributed by atoms with Crippen molar-refractivity contribution in [3.8, 4) is 0 Å². The van der Waals surface area contributed by atoms with Gasteiger partial charge in [0.05, 0.1) is 10.9 Å². The third-order valence-electron chi connectivity index (χ3n) is 4.61. The largest absolute Gasteiger partial charge is 0.348 e. The van der Waals surface area contributed by atoms with Crippen molar-refractivity contribution in [2.45, 2.75) is 17.5 Å². The third kappa shape index (κ3) is 2.73. The fourth-order valence-corrected chi connectivity index (χ4v) is 4.95. The summed E-state index contributed by atoms with van der Waals surface area (Å²) in [5, 5.41) is 0. The summed E-state index contributed by atoms with van der Waals surface area (Å²) in [6, 6.07) is 13.7. The average molecular weight is 374 g/mol. The molecule has 0 aliphatic carbocycles. The van der Waals surface area contributed by atoms with Gasteiger partial charge in [0.15, 0.2) is 0 Å². The number of benzene rings is 2. The van der Waals surface area contributed by atoms with Crippen molar-refractivity contribution in [3.05, 3.63) is 89.8 Å². The van der Waals surface area contributed by atoms with Crippen LogP contribution in [0.15, 0.2) is 71.8 Å². The number of hydrogen-bond donors (Lipinski definition) is 0. The molecule has 4 rings (SSSR count). The van der Waals surface area contributed by atoms with Crippen LogP contribution in [-0.4, -0.2) is 23.8 Å². The van der Waals surface area contributed by atoms with Gasteiger partial charge in [-0.1, -0.05) is 18.2 Å². The van der Waals surface area contributed by atoms with Gasteiger partial charge < -0.3 is 4.57 Å². The van der Waals surface area contributed by atoms with Crippen molar-refractivity contribution in [3.63, 3.8) is 0 Å². The molecule has 2 heterocycles. The summed E-state index contributed by atoms with van der Waals surface area (Å²) in [5.74, 6) is -0.978. The lowest BCUT2D eigenvalue weighted by Gasteiger charge is -2.36. The highest BCUT2D eigenvalue weighted by atomic mass is 32.2. The standard InChI is InChI=1S/C19H16F2N2O2S/c20-14-7-9-15(10-8-14)26(24,25)23-13-12-22-11-3-6-18(22)19(23)16-4-1-2-5-17(16)21/h1-11,19H,12-13H2/t19-/m0/s1. The van der Waals surface area contributed by atoms with Gasteiger partial charge in [0, 0.05) is 30.5 Å². The Morgan fingerprint density at radius 2 is 1.62 bits per heavy atom. The zero-order valence-corrected chi connectivity index (χ0v) is 14.5. The highest BCUT2D eigenvalue weighted by molar-refractivity contribution is 7.89. The van der Waals surface area contributed by atoms with Crippen LogP contribution in [0.25, 0.3) is 0 Å². The highest BCUT2D eigenvalue weighted by Gasteiger charge is 2.38. The van der Waals surface area contributed by atoms with Crippen LogP contribution in [0.3, 0.4) is 0 Å². The molecule has 1 aliphatic rings. The summed E-state index contributed by atoms with van der Waals surface area (Å²) in [6.07, 6.45) is 1.85. The molecular weight excluding hydrogens is 358 g/mol. The summed E-state index contributed by atoms with van der Waals surface area (Å²) in [4.78, 5) is -0.0137. The molecule has 0 spiro atoms. The summed E-state index contributed by atoms with van der Waals surface area (Å²) < 4.78 is 57.3. The maximum Gasteiger partial charge on any atom is 0.244 e. The van der Waals surface area contributed by atoms with Crippen LogP contribution >= 0.6 is 0 Å². The van der Waals surface area contributed by atoms with Crippen molar-refractivity contribution < 1.29 is 17.2 Å². The zero-order chi connectivity index (χ0) is 18.3. The first-order chi connectivity index (χ1) is 12.5. The van der Waals surface area contributed by atoms with Gasteiger partial charge >= 0.3 is 0 Å². The van der Waals surface area contributed by atoms with Crippen LogP contribution in [0.2, 0.25) is 0 Å². The number of fused-ring (bicyclic) bond motifs is 1. The minimum atomic E-state index is -3.93. The number of rotatable bonds is 3.